The first kappa shape index (κ1) is 24.9. The van der Waals surface area contributed by atoms with E-state index in [1.54, 1.807) is 66.7 Å². The summed E-state index contributed by atoms with van der Waals surface area (Å²) in [7, 11) is 1.30. The molecular formula is C31H20O9. The minimum absolute atomic E-state index is 0.0278. The van der Waals surface area contributed by atoms with Gasteiger partial charge in [-0.2, -0.15) is 0 Å². The number of ketones is 1. The van der Waals surface area contributed by atoms with Crippen LogP contribution in [0.5, 0.6) is 11.5 Å². The second-order valence-corrected chi connectivity index (χ2v) is 9.22. The Kier molecular flexibility index (Phi) is 6.03. The summed E-state index contributed by atoms with van der Waals surface area (Å²) in [5.74, 6) is -1.24. The SMILES string of the molecule is COC(=O)c1ccc(/C=C2\Oc3c(ccc4c3[C@H](c3ccc(-c5ccc(C(=O)O)cc5)o3)CC(=O)O4)C2=O)cc1. The van der Waals surface area contributed by atoms with Crippen LogP contribution in [0.25, 0.3) is 17.4 Å². The lowest BCUT2D eigenvalue weighted by Gasteiger charge is -2.24. The summed E-state index contributed by atoms with van der Waals surface area (Å²) in [6.07, 6.45) is 1.55. The average Bonchev–Trinajstić information content (AvgIpc) is 3.58. The van der Waals surface area contributed by atoms with E-state index in [4.69, 9.17) is 23.7 Å². The summed E-state index contributed by atoms with van der Waals surface area (Å²) in [6.45, 7) is 0. The molecule has 0 unspecified atom stereocenters. The lowest BCUT2D eigenvalue weighted by molar-refractivity contribution is -0.135. The quantitative estimate of drug-likeness (QED) is 0.200. The molecule has 9 nitrogen and oxygen atoms in total. The monoisotopic (exact) mass is 536 g/mol. The second kappa shape index (κ2) is 9.70. The fourth-order valence-electron chi connectivity index (χ4n) is 4.81. The zero-order valence-corrected chi connectivity index (χ0v) is 21.0. The van der Waals surface area contributed by atoms with E-state index in [-0.39, 0.29) is 29.3 Å². The fraction of sp³-hybridized carbons (Fsp3) is 0.0968. The standard InChI is InChI=1S/C31H20O9/c1-37-31(36)19-4-2-16(3-5-19)14-25-28(33)20-10-11-24-27(29(20)40-25)21(15-26(32)39-24)23-13-12-22(38-23)17-6-8-18(9-7-17)30(34)35/h2-14,21H,15H2,1H3,(H,34,35)/b25-14-/t21-/m0/s1. The molecule has 1 N–H and O–H groups in total. The molecule has 0 bridgehead atoms. The van der Waals surface area contributed by atoms with Gasteiger partial charge in [0.25, 0.3) is 0 Å². The third-order valence-corrected chi connectivity index (χ3v) is 6.80. The van der Waals surface area contributed by atoms with E-state index in [0.29, 0.717) is 45.1 Å². The van der Waals surface area contributed by atoms with Crippen LogP contribution in [0.2, 0.25) is 0 Å². The van der Waals surface area contributed by atoms with E-state index >= 15 is 0 Å². The Balaban J connectivity index is 1.34. The lowest BCUT2D eigenvalue weighted by Crippen LogP contribution is -2.21. The molecule has 3 aromatic carbocycles. The van der Waals surface area contributed by atoms with Crippen molar-refractivity contribution in [1.29, 1.82) is 0 Å². The summed E-state index contributed by atoms with van der Waals surface area (Å²) in [4.78, 5) is 48.6. The first-order chi connectivity index (χ1) is 19.3. The van der Waals surface area contributed by atoms with Crippen molar-refractivity contribution in [3.63, 3.8) is 0 Å². The molecule has 0 saturated carbocycles. The molecule has 0 spiro atoms. The molecule has 198 valence electrons. The number of fused-ring (bicyclic) bond motifs is 3. The number of carbonyl (C=O) groups is 4. The minimum atomic E-state index is -1.03. The van der Waals surface area contributed by atoms with E-state index in [1.807, 2.05) is 0 Å². The number of carboxylic acid groups (broad SMARTS) is 1. The van der Waals surface area contributed by atoms with E-state index in [0.717, 1.165) is 0 Å². The molecule has 0 radical (unpaired) electrons. The zero-order chi connectivity index (χ0) is 28.0. The molecule has 0 aliphatic carbocycles. The Labute approximate surface area is 227 Å². The predicted molar refractivity (Wildman–Crippen MR) is 140 cm³/mol. The van der Waals surface area contributed by atoms with Crippen LogP contribution in [0.4, 0.5) is 0 Å². The van der Waals surface area contributed by atoms with Crippen LogP contribution < -0.4 is 9.47 Å². The molecule has 4 aromatic rings. The van der Waals surface area contributed by atoms with Crippen molar-refractivity contribution >= 4 is 29.8 Å². The summed E-state index contributed by atoms with van der Waals surface area (Å²) < 4.78 is 22.4. The molecule has 40 heavy (non-hydrogen) atoms. The van der Waals surface area contributed by atoms with Crippen LogP contribution in [0.1, 0.15) is 60.3 Å². The van der Waals surface area contributed by atoms with E-state index in [2.05, 4.69) is 0 Å². The summed E-state index contributed by atoms with van der Waals surface area (Å²) in [5, 5.41) is 9.15. The van der Waals surface area contributed by atoms with Crippen molar-refractivity contribution in [1.82, 2.24) is 0 Å². The molecule has 2 aliphatic rings. The largest absolute Gasteiger partial charge is 0.478 e. The minimum Gasteiger partial charge on any atom is -0.478 e. The van der Waals surface area contributed by atoms with Gasteiger partial charge in [0.05, 0.1) is 36.1 Å². The Hall–Kier alpha value is -5.44. The number of allylic oxidation sites excluding steroid dienone is 1. The topological polar surface area (TPSA) is 129 Å². The molecule has 9 heteroatoms. The Morgan fingerprint density at radius 2 is 1.62 bits per heavy atom. The number of hydrogen-bond donors (Lipinski definition) is 1. The van der Waals surface area contributed by atoms with Gasteiger partial charge in [-0.25, -0.2) is 9.59 Å². The molecule has 2 aliphatic heterocycles. The highest BCUT2D eigenvalue weighted by Gasteiger charge is 2.39. The summed E-state index contributed by atoms with van der Waals surface area (Å²) in [6, 6.07) is 19.4. The lowest BCUT2D eigenvalue weighted by atomic mass is 9.88. The van der Waals surface area contributed by atoms with Gasteiger partial charge >= 0.3 is 17.9 Å². The number of methoxy groups -OCH3 is 1. The Morgan fingerprint density at radius 3 is 2.33 bits per heavy atom. The fourth-order valence-corrected chi connectivity index (χ4v) is 4.81. The summed E-state index contributed by atoms with van der Waals surface area (Å²) in [5.41, 5.74) is 2.70. The van der Waals surface area contributed by atoms with Gasteiger partial charge in [0.15, 0.2) is 5.76 Å². The highest BCUT2D eigenvalue weighted by molar-refractivity contribution is 6.15. The molecule has 1 atom stereocenters. The number of carboxylic acids is 1. The van der Waals surface area contributed by atoms with Crippen LogP contribution in [0.15, 0.2) is 83.0 Å². The van der Waals surface area contributed by atoms with Gasteiger partial charge in [-0.1, -0.05) is 24.3 Å². The highest BCUT2D eigenvalue weighted by Crippen LogP contribution is 2.49. The number of furan rings is 1. The van der Waals surface area contributed by atoms with Crippen molar-refractivity contribution in [2.75, 3.05) is 7.11 Å². The molecule has 0 saturated heterocycles. The van der Waals surface area contributed by atoms with Crippen LogP contribution in [0.3, 0.4) is 0 Å². The number of benzene rings is 3. The average molecular weight is 536 g/mol. The second-order valence-electron chi connectivity index (χ2n) is 9.22. The van der Waals surface area contributed by atoms with Gasteiger partial charge in [-0.15, -0.1) is 0 Å². The predicted octanol–water partition coefficient (Wildman–Crippen LogP) is 5.49. The van der Waals surface area contributed by atoms with E-state index < -0.39 is 23.8 Å². The number of aromatic carboxylic acids is 1. The zero-order valence-electron chi connectivity index (χ0n) is 21.0. The molecule has 1 aromatic heterocycles. The first-order valence-electron chi connectivity index (χ1n) is 12.3. The van der Waals surface area contributed by atoms with E-state index in [9.17, 15) is 19.2 Å². The number of Topliss-reactive ketones (excluding diaryl/α,β-unsaturated/α-hetero) is 1. The first-order valence-corrected chi connectivity index (χ1v) is 12.3. The number of esters is 2. The van der Waals surface area contributed by atoms with Gasteiger partial charge in [-0.05, 0) is 60.2 Å². The van der Waals surface area contributed by atoms with Gasteiger partial charge in [0, 0.05) is 11.1 Å². The normalized spacial score (nSPS) is 16.6. The molecule has 0 amide bonds. The van der Waals surface area contributed by atoms with Crippen molar-refractivity contribution in [3.8, 4) is 22.8 Å². The number of rotatable bonds is 5. The van der Waals surface area contributed by atoms with Crippen molar-refractivity contribution in [3.05, 3.63) is 112 Å². The molecule has 6 rings (SSSR count). The third kappa shape index (κ3) is 4.33. The molecular weight excluding hydrogens is 516 g/mol. The number of carbonyl (C=O) groups excluding carboxylic acids is 3. The van der Waals surface area contributed by atoms with Crippen molar-refractivity contribution < 1.29 is 42.9 Å². The van der Waals surface area contributed by atoms with Gasteiger partial charge in [0.1, 0.15) is 23.0 Å². The van der Waals surface area contributed by atoms with Crippen LogP contribution in [0, 0.1) is 0 Å². The highest BCUT2D eigenvalue weighted by atomic mass is 16.5. The smallest absolute Gasteiger partial charge is 0.337 e. The van der Waals surface area contributed by atoms with Crippen molar-refractivity contribution in [2.24, 2.45) is 0 Å². The van der Waals surface area contributed by atoms with Crippen LogP contribution >= 0.6 is 0 Å². The maximum Gasteiger partial charge on any atom is 0.337 e. The van der Waals surface area contributed by atoms with Gasteiger partial charge in [-0.3, -0.25) is 9.59 Å². The molecule has 3 heterocycles. The van der Waals surface area contributed by atoms with Crippen LogP contribution in [-0.2, 0) is 9.53 Å². The Bertz CT molecular complexity index is 1720. The van der Waals surface area contributed by atoms with E-state index in [1.165, 1.54) is 19.2 Å². The van der Waals surface area contributed by atoms with Gasteiger partial charge in [0.2, 0.25) is 5.78 Å². The number of ether oxygens (including phenoxy) is 3. The third-order valence-electron chi connectivity index (χ3n) is 6.80. The molecule has 0 fully saturated rings. The Morgan fingerprint density at radius 1 is 0.900 bits per heavy atom. The maximum atomic E-state index is 13.2. The number of hydrogen-bond acceptors (Lipinski definition) is 8. The van der Waals surface area contributed by atoms with Crippen LogP contribution in [-0.4, -0.2) is 35.9 Å². The summed E-state index contributed by atoms with van der Waals surface area (Å²) >= 11 is 0. The van der Waals surface area contributed by atoms with Gasteiger partial charge < -0.3 is 23.7 Å². The maximum absolute atomic E-state index is 13.2. The van der Waals surface area contributed by atoms with Crippen molar-refractivity contribution in [2.45, 2.75) is 12.3 Å².